The molecule has 2 rings (SSSR count). The minimum Gasteiger partial charge on any atom is -0.567 e. The van der Waals surface area contributed by atoms with E-state index in [0.717, 1.165) is 0 Å². The van der Waals surface area contributed by atoms with E-state index in [0.29, 0.717) is 0 Å². The topological polar surface area (TPSA) is 0 Å². The first-order valence-electron chi connectivity index (χ1n) is 4.53. The molecule has 0 aromatic heterocycles. The van der Waals surface area contributed by atoms with Crippen molar-refractivity contribution in [2.45, 2.75) is 0 Å². The fraction of sp³-hybridized carbons (Fsp3) is 0. The smallest absolute Gasteiger partial charge is 0.567 e. The Morgan fingerprint density at radius 3 is 1.33 bits per heavy atom. The summed E-state index contributed by atoms with van der Waals surface area (Å²) in [6, 6.07) is 20.5. The Kier molecular flexibility index (Phi) is 5.20. The Hall–Kier alpha value is -0.468. The molecule has 0 aliphatic heterocycles. The normalized spacial score (nSPS) is 9.73. The van der Waals surface area contributed by atoms with Gasteiger partial charge in [-0.3, -0.25) is 0 Å². The van der Waals surface area contributed by atoms with Crippen LogP contribution in [0.1, 0.15) is 0 Å². The van der Waals surface area contributed by atoms with Gasteiger partial charge in [-0.1, -0.05) is 71.3 Å². The van der Waals surface area contributed by atoms with Crippen molar-refractivity contribution in [1.82, 2.24) is 0 Å². The largest absolute Gasteiger partial charge is 1.00 e. The third-order valence-corrected chi connectivity index (χ3v) is 3.78. The fourth-order valence-corrected chi connectivity index (χ4v) is 2.61. The van der Waals surface area contributed by atoms with E-state index in [1.165, 1.54) is 10.6 Å². The quantitative estimate of drug-likeness (QED) is 0.443. The molecular formula is C12H10BLiP. The summed E-state index contributed by atoms with van der Waals surface area (Å²) < 4.78 is 0. The van der Waals surface area contributed by atoms with Crippen LogP contribution in [-0.2, 0) is 0 Å². The summed E-state index contributed by atoms with van der Waals surface area (Å²) in [5, 5.41) is 2.43. The zero-order chi connectivity index (χ0) is 9.80. The standard InChI is InChI=1S/C12H10BP.Li/c13-14(11-7-3-1-4-8-11)12-9-5-2-6-10-12;/h1-10H;/q-1;+1. The second-order valence-corrected chi connectivity index (χ2v) is 4.81. The molecule has 0 atom stereocenters. The van der Waals surface area contributed by atoms with E-state index >= 15 is 0 Å². The molecule has 0 aliphatic rings. The predicted octanol–water partition coefficient (Wildman–Crippen LogP) is -0.793. The van der Waals surface area contributed by atoms with Gasteiger partial charge < -0.3 is 15.4 Å². The summed E-state index contributed by atoms with van der Waals surface area (Å²) in [6.07, 6.45) is 0. The Labute approximate surface area is 105 Å². The molecule has 67 valence electrons. The van der Waals surface area contributed by atoms with Crippen molar-refractivity contribution in [2.75, 3.05) is 0 Å². The van der Waals surface area contributed by atoms with Gasteiger partial charge >= 0.3 is 18.9 Å². The molecule has 0 nitrogen and oxygen atoms in total. The maximum atomic E-state index is 6.18. The van der Waals surface area contributed by atoms with E-state index in [1.807, 2.05) is 36.4 Å². The zero-order valence-electron chi connectivity index (χ0n) is 8.80. The second-order valence-electron chi connectivity index (χ2n) is 3.04. The van der Waals surface area contributed by atoms with Gasteiger partial charge in [-0.15, -0.1) is 0 Å². The maximum Gasteiger partial charge on any atom is 1.00 e. The van der Waals surface area contributed by atoms with E-state index in [-0.39, 0.29) is 18.9 Å². The molecule has 2 aromatic carbocycles. The van der Waals surface area contributed by atoms with E-state index in [9.17, 15) is 0 Å². The van der Waals surface area contributed by atoms with Crippen molar-refractivity contribution >= 4 is 26.0 Å². The summed E-state index contributed by atoms with van der Waals surface area (Å²) in [6.45, 7) is 0. The molecule has 0 amide bonds. The van der Waals surface area contributed by atoms with Crippen LogP contribution >= 0.6 is 7.80 Å². The number of rotatable bonds is 2. The molecular weight excluding hydrogens is 193 g/mol. The van der Waals surface area contributed by atoms with Crippen molar-refractivity contribution in [3.63, 3.8) is 0 Å². The van der Waals surface area contributed by atoms with Crippen molar-refractivity contribution in [3.05, 3.63) is 60.7 Å². The number of hydrogen-bond acceptors (Lipinski definition) is 0. The molecule has 0 N–H and O–H groups in total. The summed E-state index contributed by atoms with van der Waals surface area (Å²) in [7, 11) is 5.51. The van der Waals surface area contributed by atoms with Gasteiger partial charge in [0.25, 0.3) is 0 Å². The van der Waals surface area contributed by atoms with Gasteiger partial charge in [-0.25, -0.2) is 0 Å². The van der Waals surface area contributed by atoms with Crippen LogP contribution in [0.4, 0.5) is 0 Å². The average molecular weight is 203 g/mol. The van der Waals surface area contributed by atoms with Gasteiger partial charge in [0.2, 0.25) is 0 Å². The van der Waals surface area contributed by atoms with E-state index in [4.69, 9.17) is 7.57 Å². The van der Waals surface area contributed by atoms with E-state index < -0.39 is 7.80 Å². The van der Waals surface area contributed by atoms with E-state index in [2.05, 4.69) is 24.3 Å². The third kappa shape index (κ3) is 3.25. The van der Waals surface area contributed by atoms with Gasteiger partial charge in [-0.2, -0.15) is 0 Å². The van der Waals surface area contributed by atoms with Crippen LogP contribution in [-0.4, -0.2) is 7.57 Å². The predicted molar refractivity (Wildman–Crippen MR) is 64.8 cm³/mol. The van der Waals surface area contributed by atoms with Crippen molar-refractivity contribution in [1.29, 1.82) is 0 Å². The monoisotopic (exact) mass is 203 g/mol. The minimum atomic E-state index is -0.671. The molecule has 15 heavy (non-hydrogen) atoms. The number of benzene rings is 2. The molecule has 2 aromatic rings. The van der Waals surface area contributed by atoms with Crippen LogP contribution in [0.25, 0.3) is 0 Å². The Morgan fingerprint density at radius 2 is 1.00 bits per heavy atom. The number of hydrogen-bond donors (Lipinski definition) is 0. The second kappa shape index (κ2) is 6.19. The molecule has 0 spiro atoms. The molecule has 0 saturated heterocycles. The first-order chi connectivity index (χ1) is 6.88. The molecule has 0 saturated carbocycles. The molecule has 0 fully saturated rings. The molecule has 3 radical (unpaired) electrons. The zero-order valence-corrected chi connectivity index (χ0v) is 9.69. The van der Waals surface area contributed by atoms with Crippen molar-refractivity contribution < 1.29 is 18.9 Å². The minimum absolute atomic E-state index is 0. The van der Waals surface area contributed by atoms with Crippen molar-refractivity contribution in [2.24, 2.45) is 0 Å². The van der Waals surface area contributed by atoms with Crippen LogP contribution in [0.3, 0.4) is 0 Å². The molecule has 0 heterocycles. The van der Waals surface area contributed by atoms with Crippen LogP contribution in [0.5, 0.6) is 0 Å². The van der Waals surface area contributed by atoms with Crippen LogP contribution in [0, 0.1) is 0 Å². The summed E-state index contributed by atoms with van der Waals surface area (Å²) in [5.74, 6) is 0. The molecule has 0 aliphatic carbocycles. The Balaban J connectivity index is 0.00000112. The summed E-state index contributed by atoms with van der Waals surface area (Å²) >= 11 is 0. The van der Waals surface area contributed by atoms with Crippen LogP contribution in [0.15, 0.2) is 60.7 Å². The SMILES string of the molecule is [B-]P(c1ccccc1)c1ccccc1.[Li+]. The molecule has 0 bridgehead atoms. The first kappa shape index (κ1) is 12.6. The summed E-state index contributed by atoms with van der Waals surface area (Å²) in [5.41, 5.74) is 0. The van der Waals surface area contributed by atoms with Crippen molar-refractivity contribution in [3.8, 4) is 0 Å². The van der Waals surface area contributed by atoms with Crippen LogP contribution < -0.4 is 29.5 Å². The first-order valence-corrected chi connectivity index (χ1v) is 5.94. The van der Waals surface area contributed by atoms with Gasteiger partial charge in [0.1, 0.15) is 0 Å². The Morgan fingerprint density at radius 1 is 0.667 bits per heavy atom. The van der Waals surface area contributed by atoms with Gasteiger partial charge in [0, 0.05) is 0 Å². The third-order valence-electron chi connectivity index (χ3n) is 2.07. The van der Waals surface area contributed by atoms with E-state index in [1.54, 1.807) is 0 Å². The maximum absolute atomic E-state index is 6.18. The Bertz CT molecular complexity index is 351. The molecule has 0 unspecified atom stereocenters. The van der Waals surface area contributed by atoms with Crippen LogP contribution in [0.2, 0.25) is 0 Å². The van der Waals surface area contributed by atoms with Gasteiger partial charge in [0.15, 0.2) is 0 Å². The van der Waals surface area contributed by atoms with Gasteiger partial charge in [-0.05, 0) is 0 Å². The summed E-state index contributed by atoms with van der Waals surface area (Å²) in [4.78, 5) is 0. The molecule has 3 heteroatoms. The van der Waals surface area contributed by atoms with Gasteiger partial charge in [0.05, 0.1) is 0 Å². The average Bonchev–Trinajstić information content (AvgIpc) is 2.30. The fourth-order valence-electron chi connectivity index (χ4n) is 1.33.